The van der Waals surface area contributed by atoms with Crippen LogP contribution in [0.3, 0.4) is 0 Å². The van der Waals surface area contributed by atoms with Gasteiger partial charge >= 0.3 is 11.9 Å². The van der Waals surface area contributed by atoms with Crippen LogP contribution in [-0.4, -0.2) is 184 Å². The first-order valence-corrected chi connectivity index (χ1v) is 18.9. The Hall–Kier alpha value is -4.20. The lowest BCUT2D eigenvalue weighted by molar-refractivity contribution is -0.364. The molecule has 21 heteroatoms. The molecule has 0 radical (unpaired) electrons. The maximum absolute atomic E-state index is 13.5. The van der Waals surface area contributed by atoms with Crippen LogP contribution in [0.5, 0.6) is 23.0 Å². The van der Waals surface area contributed by atoms with Gasteiger partial charge in [0, 0.05) is 13.0 Å². The molecule has 3 aliphatic heterocycles. The third kappa shape index (κ3) is 11.2. The fourth-order valence-corrected chi connectivity index (χ4v) is 6.77. The molecule has 0 spiro atoms. The topological polar surface area (TPSA) is 309 Å². The first-order valence-electron chi connectivity index (χ1n) is 18.9. The second kappa shape index (κ2) is 21.1. The predicted octanol–water partition coefficient (Wildman–Crippen LogP) is -2.01. The Morgan fingerprint density at radius 2 is 1.38 bits per heavy atom. The molecule has 21 nitrogen and oxygen atoms in total. The number of phenolic OH excluding ortho intramolecular Hbond substituents is 2. The van der Waals surface area contributed by atoms with E-state index < -0.39 is 117 Å². The molecule has 3 aliphatic rings. The van der Waals surface area contributed by atoms with Gasteiger partial charge in [-0.2, -0.15) is 0 Å². The standard InChI is InChI=1S/C39H52O21/c1-17-28(45)35(56-18(2)41)32(49)39(55-17)60-36-33(50)38(53-12-11-20-6-9-23(51-3)22(43)13-20)58-26(16-54-37-31(48)30(47)29(46)25(15-40)57-37)34(36)59-27(44)10-7-19-5-8-21(42)24(14-19)52-4/h5-10,13-14,17,25-26,28-40,42-43,45-50H,11-12,15-16H2,1-4H3. The molecule has 2 aromatic rings. The molecule has 5 rings (SSSR count). The Labute approximate surface area is 343 Å². The van der Waals surface area contributed by atoms with E-state index in [0.717, 1.165) is 13.0 Å². The number of rotatable bonds is 16. The lowest BCUT2D eigenvalue weighted by Gasteiger charge is -2.47. The highest BCUT2D eigenvalue weighted by atomic mass is 16.8. The van der Waals surface area contributed by atoms with Crippen molar-refractivity contribution in [3.63, 3.8) is 0 Å². The van der Waals surface area contributed by atoms with Gasteiger partial charge in [-0.3, -0.25) is 4.79 Å². The summed E-state index contributed by atoms with van der Waals surface area (Å²) in [5, 5.41) is 95.0. The number of aliphatic hydroxyl groups excluding tert-OH is 7. The molecule has 60 heavy (non-hydrogen) atoms. The first kappa shape index (κ1) is 46.9. The van der Waals surface area contributed by atoms with E-state index >= 15 is 0 Å². The second-order valence-corrected chi connectivity index (χ2v) is 14.2. The molecule has 0 saturated carbocycles. The number of carbonyl (C=O) groups is 2. The number of ether oxygens (including phenoxy) is 10. The highest BCUT2D eigenvalue weighted by Gasteiger charge is 2.54. The van der Waals surface area contributed by atoms with Gasteiger partial charge in [-0.15, -0.1) is 0 Å². The number of hydrogen-bond acceptors (Lipinski definition) is 21. The van der Waals surface area contributed by atoms with Crippen LogP contribution >= 0.6 is 0 Å². The van der Waals surface area contributed by atoms with Gasteiger partial charge < -0.3 is 93.3 Å². The molecule has 15 atom stereocenters. The predicted molar refractivity (Wildman–Crippen MR) is 199 cm³/mol. The number of aromatic hydroxyl groups is 2. The van der Waals surface area contributed by atoms with Crippen molar-refractivity contribution in [3.05, 3.63) is 53.6 Å². The lowest BCUT2D eigenvalue weighted by Crippen LogP contribution is -2.65. The van der Waals surface area contributed by atoms with Gasteiger partial charge in [0.2, 0.25) is 0 Å². The average molecular weight is 857 g/mol. The summed E-state index contributed by atoms with van der Waals surface area (Å²) >= 11 is 0. The number of carbonyl (C=O) groups excluding carboxylic acids is 2. The number of esters is 2. The summed E-state index contributed by atoms with van der Waals surface area (Å²) in [5.41, 5.74) is 1.000. The molecule has 3 heterocycles. The van der Waals surface area contributed by atoms with E-state index in [2.05, 4.69) is 0 Å². The summed E-state index contributed by atoms with van der Waals surface area (Å²) in [6.07, 6.45) is -22.1. The van der Waals surface area contributed by atoms with Crippen LogP contribution in [0.1, 0.15) is 25.0 Å². The van der Waals surface area contributed by atoms with E-state index in [0.29, 0.717) is 11.1 Å². The average Bonchev–Trinajstić information content (AvgIpc) is 3.22. The van der Waals surface area contributed by atoms with E-state index in [1.807, 2.05) is 0 Å². The summed E-state index contributed by atoms with van der Waals surface area (Å²) in [5.74, 6) is -1.83. The van der Waals surface area contributed by atoms with Crippen molar-refractivity contribution in [3.8, 4) is 23.0 Å². The number of hydrogen-bond donors (Lipinski definition) is 9. The van der Waals surface area contributed by atoms with Gasteiger partial charge in [-0.05, 0) is 54.8 Å². The van der Waals surface area contributed by atoms with E-state index in [4.69, 9.17) is 47.4 Å². The van der Waals surface area contributed by atoms with E-state index in [9.17, 15) is 55.5 Å². The molecule has 2 aromatic carbocycles. The summed E-state index contributed by atoms with van der Waals surface area (Å²) in [7, 11) is 2.72. The fraction of sp³-hybridized carbons (Fsp3) is 0.590. The SMILES string of the molecule is COc1ccc(CCOC2OC(COC3OC(CO)C(O)C(O)C3O)C(OC(=O)C=Cc3ccc(O)c(OC)c3)C(OC3OC(C)C(O)C(OC(C)=O)C3O)C2O)cc1O. The van der Waals surface area contributed by atoms with E-state index in [-0.39, 0.29) is 36.0 Å². The van der Waals surface area contributed by atoms with Gasteiger partial charge in [-0.1, -0.05) is 12.1 Å². The molecule has 0 amide bonds. The highest BCUT2D eigenvalue weighted by molar-refractivity contribution is 5.87. The summed E-state index contributed by atoms with van der Waals surface area (Å²) in [6, 6.07) is 8.88. The van der Waals surface area contributed by atoms with Crippen molar-refractivity contribution in [1.82, 2.24) is 0 Å². The van der Waals surface area contributed by atoms with Crippen LogP contribution in [0.15, 0.2) is 42.5 Å². The van der Waals surface area contributed by atoms with E-state index in [1.165, 1.54) is 57.6 Å². The quantitative estimate of drug-likeness (QED) is 0.0650. The van der Waals surface area contributed by atoms with Crippen LogP contribution < -0.4 is 9.47 Å². The lowest BCUT2D eigenvalue weighted by atomic mass is 9.96. The second-order valence-electron chi connectivity index (χ2n) is 14.2. The Morgan fingerprint density at radius 3 is 2.05 bits per heavy atom. The van der Waals surface area contributed by atoms with Crippen molar-refractivity contribution in [2.75, 3.05) is 34.0 Å². The minimum Gasteiger partial charge on any atom is -0.504 e. The minimum atomic E-state index is -1.86. The van der Waals surface area contributed by atoms with Crippen LogP contribution in [0.4, 0.5) is 0 Å². The molecular weight excluding hydrogens is 804 g/mol. The maximum Gasteiger partial charge on any atom is 0.331 e. The molecule has 0 aliphatic carbocycles. The zero-order valence-electron chi connectivity index (χ0n) is 33.0. The molecule has 0 aromatic heterocycles. The monoisotopic (exact) mass is 856 g/mol. The van der Waals surface area contributed by atoms with Crippen LogP contribution in [-0.2, 0) is 53.9 Å². The zero-order valence-corrected chi connectivity index (χ0v) is 33.0. The molecule has 0 bridgehead atoms. The largest absolute Gasteiger partial charge is 0.504 e. The highest BCUT2D eigenvalue weighted by Crippen LogP contribution is 2.34. The van der Waals surface area contributed by atoms with Crippen LogP contribution in [0.2, 0.25) is 0 Å². The van der Waals surface area contributed by atoms with Crippen molar-refractivity contribution in [2.45, 2.75) is 112 Å². The molecular formula is C39H52O21. The smallest absolute Gasteiger partial charge is 0.331 e. The zero-order chi connectivity index (χ0) is 43.8. The Bertz CT molecular complexity index is 1760. The Kier molecular flexibility index (Phi) is 16.4. The van der Waals surface area contributed by atoms with Gasteiger partial charge in [0.15, 0.2) is 54.1 Å². The third-order valence-electron chi connectivity index (χ3n) is 10.0. The van der Waals surface area contributed by atoms with Gasteiger partial charge in [0.05, 0.1) is 40.1 Å². The third-order valence-corrected chi connectivity index (χ3v) is 10.0. The molecule has 9 N–H and O–H groups in total. The Balaban J connectivity index is 1.46. The Morgan fingerprint density at radius 1 is 0.700 bits per heavy atom. The maximum atomic E-state index is 13.5. The number of benzene rings is 2. The van der Waals surface area contributed by atoms with Gasteiger partial charge in [0.25, 0.3) is 0 Å². The van der Waals surface area contributed by atoms with Gasteiger partial charge in [-0.25, -0.2) is 4.79 Å². The van der Waals surface area contributed by atoms with E-state index in [1.54, 1.807) is 6.07 Å². The fourth-order valence-electron chi connectivity index (χ4n) is 6.77. The van der Waals surface area contributed by atoms with Crippen molar-refractivity contribution < 1.29 is 103 Å². The van der Waals surface area contributed by atoms with Crippen molar-refractivity contribution in [1.29, 1.82) is 0 Å². The molecule has 334 valence electrons. The first-order chi connectivity index (χ1) is 28.6. The van der Waals surface area contributed by atoms with Crippen molar-refractivity contribution >= 4 is 18.0 Å². The van der Waals surface area contributed by atoms with Gasteiger partial charge in [0.1, 0.15) is 54.9 Å². The number of methoxy groups -OCH3 is 2. The summed E-state index contributed by atoms with van der Waals surface area (Å²) in [6.45, 7) is 0.885. The molecule has 15 unspecified atom stereocenters. The summed E-state index contributed by atoms with van der Waals surface area (Å²) < 4.78 is 56.3. The normalized spacial score (nSPS) is 34.5. The molecule has 3 fully saturated rings. The molecule has 3 saturated heterocycles. The minimum absolute atomic E-state index is 0.112. The summed E-state index contributed by atoms with van der Waals surface area (Å²) in [4.78, 5) is 25.4. The van der Waals surface area contributed by atoms with Crippen LogP contribution in [0, 0.1) is 0 Å². The van der Waals surface area contributed by atoms with Crippen molar-refractivity contribution in [2.24, 2.45) is 0 Å². The number of aliphatic hydroxyl groups is 7. The van der Waals surface area contributed by atoms with Crippen LogP contribution in [0.25, 0.3) is 6.08 Å². The number of phenols is 2.